The Morgan fingerprint density at radius 3 is 2.16 bits per heavy atom. The minimum absolute atomic E-state index is 0.0101. The Kier molecular flexibility index (Phi) is 5.76. The van der Waals surface area contributed by atoms with Gasteiger partial charge in [-0.3, -0.25) is 9.13 Å². The van der Waals surface area contributed by atoms with Gasteiger partial charge in [0.1, 0.15) is 0 Å². The highest BCUT2D eigenvalue weighted by molar-refractivity contribution is 6.04. The van der Waals surface area contributed by atoms with E-state index in [-0.39, 0.29) is 11.7 Å². The number of carbonyl (C=O) groups excluding carboxylic acids is 1. The number of amides is 2. The van der Waals surface area contributed by atoms with Gasteiger partial charge in [0.15, 0.2) is 0 Å². The van der Waals surface area contributed by atoms with Crippen LogP contribution in [-0.4, -0.2) is 28.3 Å². The predicted molar refractivity (Wildman–Crippen MR) is 128 cm³/mol. The van der Waals surface area contributed by atoms with E-state index < -0.39 is 0 Å². The van der Waals surface area contributed by atoms with Gasteiger partial charge in [-0.15, -0.1) is 0 Å². The van der Waals surface area contributed by atoms with Gasteiger partial charge < -0.3 is 15.5 Å². The second-order valence-corrected chi connectivity index (χ2v) is 8.20. The summed E-state index contributed by atoms with van der Waals surface area (Å²) in [4.78, 5) is 28.0. The molecule has 7 nitrogen and oxygen atoms in total. The number of nitrogens with zero attached hydrogens (tertiary/aromatic N) is 3. The molecule has 2 amide bonds. The van der Waals surface area contributed by atoms with Crippen LogP contribution in [0, 0.1) is 13.8 Å². The van der Waals surface area contributed by atoms with Crippen LogP contribution in [0.5, 0.6) is 0 Å². The molecule has 3 aromatic rings. The smallest absolute Gasteiger partial charge is 0.329 e. The summed E-state index contributed by atoms with van der Waals surface area (Å²) in [7, 11) is 0. The normalized spacial score (nSPS) is 13.7. The lowest BCUT2D eigenvalue weighted by molar-refractivity contribution is 0.262. The number of nitrogens with one attached hydrogen (secondary N) is 2. The number of fused-ring (bicyclic) bond motifs is 1. The Morgan fingerprint density at radius 1 is 0.903 bits per heavy atom. The van der Waals surface area contributed by atoms with Gasteiger partial charge in [-0.05, 0) is 75.9 Å². The van der Waals surface area contributed by atoms with E-state index in [1.165, 1.54) is 5.56 Å². The third-order valence-corrected chi connectivity index (χ3v) is 6.23. The van der Waals surface area contributed by atoms with Gasteiger partial charge in [-0.2, -0.15) is 0 Å². The molecule has 1 saturated heterocycles. The van der Waals surface area contributed by atoms with E-state index in [2.05, 4.69) is 21.6 Å². The molecule has 1 fully saturated rings. The number of aryl methyl sites for hydroxylation is 4. The van der Waals surface area contributed by atoms with E-state index in [1.807, 2.05) is 52.0 Å². The molecule has 31 heavy (non-hydrogen) atoms. The van der Waals surface area contributed by atoms with Crippen LogP contribution in [0.3, 0.4) is 0 Å². The standard InChI is InChI=1S/C24H31N5O2/c1-5-28-21-14-19(26-23(30)25-18-10-9-16(3)17(4)13-18)20(27-11-7-8-12-27)15-22(21)29(6-2)24(28)31/h9-10,13-15H,5-8,11-12H2,1-4H3,(H2,25,26,30). The van der Waals surface area contributed by atoms with Crippen LogP contribution in [0.4, 0.5) is 21.9 Å². The van der Waals surface area contributed by atoms with Crippen molar-refractivity contribution in [3.8, 4) is 0 Å². The number of benzene rings is 2. The number of aromatic nitrogens is 2. The van der Waals surface area contributed by atoms with Crippen LogP contribution >= 0.6 is 0 Å². The number of carbonyl (C=O) groups is 1. The molecule has 7 heteroatoms. The van der Waals surface area contributed by atoms with Crippen LogP contribution in [0.15, 0.2) is 35.1 Å². The second kappa shape index (κ2) is 8.49. The van der Waals surface area contributed by atoms with Crippen molar-refractivity contribution in [2.24, 2.45) is 0 Å². The summed E-state index contributed by atoms with van der Waals surface area (Å²) in [5.41, 5.74) is 6.52. The fourth-order valence-electron chi connectivity index (χ4n) is 4.38. The summed E-state index contributed by atoms with van der Waals surface area (Å²) >= 11 is 0. The summed E-state index contributed by atoms with van der Waals surface area (Å²) < 4.78 is 3.57. The van der Waals surface area contributed by atoms with Crippen molar-refractivity contribution in [3.05, 3.63) is 51.9 Å². The topological polar surface area (TPSA) is 71.3 Å². The number of hydrogen-bond donors (Lipinski definition) is 2. The first-order valence-corrected chi connectivity index (χ1v) is 11.1. The fraction of sp³-hybridized carbons (Fsp3) is 0.417. The SMILES string of the molecule is CCn1c(=O)n(CC)c2cc(N3CCCC3)c(NC(=O)Nc3ccc(C)c(C)c3)cc21. The van der Waals surface area contributed by atoms with Gasteiger partial charge in [0.2, 0.25) is 0 Å². The first kappa shape index (κ1) is 21.0. The molecule has 0 spiro atoms. The molecule has 0 unspecified atom stereocenters. The van der Waals surface area contributed by atoms with Gasteiger partial charge in [0.25, 0.3) is 0 Å². The van der Waals surface area contributed by atoms with E-state index in [9.17, 15) is 9.59 Å². The van der Waals surface area contributed by atoms with Gasteiger partial charge in [0, 0.05) is 31.9 Å². The van der Waals surface area contributed by atoms with Crippen molar-refractivity contribution < 1.29 is 4.79 Å². The first-order chi connectivity index (χ1) is 14.9. The number of imidazole rings is 1. The van der Waals surface area contributed by atoms with Gasteiger partial charge >= 0.3 is 11.7 Å². The third kappa shape index (κ3) is 3.92. The van der Waals surface area contributed by atoms with Crippen LogP contribution in [0.25, 0.3) is 11.0 Å². The molecule has 4 rings (SSSR count). The summed E-state index contributed by atoms with van der Waals surface area (Å²) in [5, 5.41) is 5.98. The summed E-state index contributed by atoms with van der Waals surface area (Å²) in [6, 6.07) is 9.59. The Bertz CT molecular complexity index is 1180. The average molecular weight is 422 g/mol. The molecule has 2 heterocycles. The zero-order valence-electron chi connectivity index (χ0n) is 18.8. The highest BCUT2D eigenvalue weighted by Gasteiger charge is 2.21. The van der Waals surface area contributed by atoms with Gasteiger partial charge in [-0.1, -0.05) is 6.07 Å². The Balaban J connectivity index is 1.73. The van der Waals surface area contributed by atoms with Crippen LogP contribution in [-0.2, 0) is 13.1 Å². The molecule has 0 saturated carbocycles. The lowest BCUT2D eigenvalue weighted by Crippen LogP contribution is -2.24. The molecule has 2 N–H and O–H groups in total. The quantitative estimate of drug-likeness (QED) is 0.627. The van der Waals surface area contributed by atoms with E-state index in [0.29, 0.717) is 13.1 Å². The molecule has 0 atom stereocenters. The average Bonchev–Trinajstić information content (AvgIpc) is 3.35. The maximum Gasteiger partial charge on any atom is 0.329 e. The minimum Gasteiger partial charge on any atom is -0.370 e. The maximum atomic E-state index is 12.8. The maximum absolute atomic E-state index is 12.8. The highest BCUT2D eigenvalue weighted by Crippen LogP contribution is 2.33. The molecular formula is C24H31N5O2. The van der Waals surface area contributed by atoms with Crippen molar-refractivity contribution in [1.82, 2.24) is 9.13 Å². The summed E-state index contributed by atoms with van der Waals surface area (Å²) in [5.74, 6) is 0. The van der Waals surface area contributed by atoms with E-state index in [0.717, 1.165) is 59.6 Å². The number of hydrogen-bond acceptors (Lipinski definition) is 3. The van der Waals surface area contributed by atoms with E-state index in [1.54, 1.807) is 9.13 Å². The Morgan fingerprint density at radius 2 is 1.55 bits per heavy atom. The lowest BCUT2D eigenvalue weighted by Gasteiger charge is -2.22. The molecular weight excluding hydrogens is 390 g/mol. The number of anilines is 3. The van der Waals surface area contributed by atoms with Gasteiger partial charge in [0.05, 0.1) is 22.4 Å². The molecule has 164 valence electrons. The van der Waals surface area contributed by atoms with Crippen molar-refractivity contribution in [2.45, 2.75) is 53.6 Å². The number of rotatable bonds is 5. The first-order valence-electron chi connectivity index (χ1n) is 11.1. The van der Waals surface area contributed by atoms with Crippen molar-refractivity contribution in [3.63, 3.8) is 0 Å². The van der Waals surface area contributed by atoms with E-state index in [4.69, 9.17) is 0 Å². The van der Waals surface area contributed by atoms with Crippen molar-refractivity contribution in [1.29, 1.82) is 0 Å². The molecule has 1 aliphatic heterocycles. The molecule has 0 aliphatic carbocycles. The molecule has 0 bridgehead atoms. The zero-order chi connectivity index (χ0) is 22.1. The highest BCUT2D eigenvalue weighted by atomic mass is 16.2. The molecule has 1 aliphatic rings. The number of urea groups is 1. The fourth-order valence-corrected chi connectivity index (χ4v) is 4.38. The van der Waals surface area contributed by atoms with Crippen LogP contribution < -0.4 is 21.2 Å². The lowest BCUT2D eigenvalue weighted by atomic mass is 10.1. The Labute approximate surface area is 182 Å². The van der Waals surface area contributed by atoms with Crippen molar-refractivity contribution in [2.75, 3.05) is 28.6 Å². The molecule has 2 aromatic carbocycles. The minimum atomic E-state index is -0.289. The summed E-state index contributed by atoms with van der Waals surface area (Å²) in [6.07, 6.45) is 2.26. The largest absolute Gasteiger partial charge is 0.370 e. The third-order valence-electron chi connectivity index (χ3n) is 6.23. The second-order valence-electron chi connectivity index (χ2n) is 8.20. The predicted octanol–water partition coefficient (Wildman–Crippen LogP) is 4.70. The summed E-state index contributed by atoms with van der Waals surface area (Å²) in [6.45, 7) is 11.1. The van der Waals surface area contributed by atoms with Crippen LogP contribution in [0.2, 0.25) is 0 Å². The van der Waals surface area contributed by atoms with Gasteiger partial charge in [-0.25, -0.2) is 9.59 Å². The molecule has 1 aromatic heterocycles. The van der Waals surface area contributed by atoms with Crippen molar-refractivity contribution >= 4 is 34.1 Å². The zero-order valence-corrected chi connectivity index (χ0v) is 18.8. The molecule has 0 radical (unpaired) electrons. The Hall–Kier alpha value is -3.22. The van der Waals surface area contributed by atoms with Crippen LogP contribution in [0.1, 0.15) is 37.8 Å². The van der Waals surface area contributed by atoms with E-state index >= 15 is 0 Å². The monoisotopic (exact) mass is 421 g/mol.